The number of carbonyl (C=O) groups is 1. The van der Waals surface area contributed by atoms with Crippen molar-refractivity contribution < 1.29 is 24.1 Å². The molecule has 1 aliphatic carbocycles. The Labute approximate surface area is 150 Å². The molecule has 1 saturated carbocycles. The number of aliphatic hydroxyl groups excluding tert-OH is 1. The van der Waals surface area contributed by atoms with Crippen LogP contribution in [-0.2, 0) is 0 Å². The number of amides is 1. The molecule has 0 spiro atoms. The van der Waals surface area contributed by atoms with Crippen molar-refractivity contribution in [2.24, 2.45) is 5.92 Å². The zero-order chi connectivity index (χ0) is 18.1. The summed E-state index contributed by atoms with van der Waals surface area (Å²) in [6.07, 6.45) is 2.70. The van der Waals surface area contributed by atoms with E-state index in [9.17, 15) is 9.90 Å². The second-order valence-corrected chi connectivity index (χ2v) is 6.54. The minimum atomic E-state index is -0.309. The number of methoxy groups -OCH3 is 1. The highest BCUT2D eigenvalue weighted by molar-refractivity contribution is 5.95. The molecule has 0 radical (unpaired) electrons. The van der Waals surface area contributed by atoms with E-state index in [1.54, 1.807) is 37.6 Å². The van der Waals surface area contributed by atoms with Crippen LogP contribution in [0.4, 0.5) is 0 Å². The van der Waals surface area contributed by atoms with Gasteiger partial charge in [0.25, 0.3) is 5.91 Å². The summed E-state index contributed by atoms with van der Waals surface area (Å²) in [6.45, 7) is 0.167. The topological polar surface area (TPSA) is 89.9 Å². The minimum Gasteiger partial charge on any atom is -0.481 e. The zero-order valence-corrected chi connectivity index (χ0v) is 14.3. The maximum Gasteiger partial charge on any atom is 0.251 e. The van der Waals surface area contributed by atoms with Gasteiger partial charge >= 0.3 is 0 Å². The minimum absolute atomic E-state index is 0.165. The Hall–Kier alpha value is -2.80. The van der Waals surface area contributed by atoms with Crippen molar-refractivity contribution in [1.29, 1.82) is 0 Å². The monoisotopic (exact) mass is 356 g/mol. The summed E-state index contributed by atoms with van der Waals surface area (Å²) in [5, 5.41) is 12.7. The molecule has 1 unspecified atom stereocenters. The highest BCUT2D eigenvalue weighted by Crippen LogP contribution is 2.39. The molecule has 1 fully saturated rings. The molecule has 2 heterocycles. The lowest BCUT2D eigenvalue weighted by Gasteiger charge is -2.38. The normalized spacial score (nSPS) is 21.6. The summed E-state index contributed by atoms with van der Waals surface area (Å²) in [7, 11) is 1.56. The molecule has 0 saturated heterocycles. The average molecular weight is 356 g/mol. The molecule has 26 heavy (non-hydrogen) atoms. The molecule has 1 atom stereocenters. The van der Waals surface area contributed by atoms with Crippen molar-refractivity contribution in [3.05, 3.63) is 47.7 Å². The fraction of sp³-hybridized carbons (Fsp3) is 0.368. The van der Waals surface area contributed by atoms with Crippen molar-refractivity contribution in [2.75, 3.05) is 13.9 Å². The molecule has 136 valence electrons. The lowest BCUT2D eigenvalue weighted by Crippen LogP contribution is -2.41. The summed E-state index contributed by atoms with van der Waals surface area (Å²) in [4.78, 5) is 17.0. The van der Waals surface area contributed by atoms with Gasteiger partial charge in [-0.25, -0.2) is 4.98 Å². The predicted octanol–water partition coefficient (Wildman–Crippen LogP) is 2.06. The molecule has 1 aliphatic heterocycles. The van der Waals surface area contributed by atoms with E-state index in [1.165, 1.54) is 0 Å². The van der Waals surface area contributed by atoms with Crippen molar-refractivity contribution in [3.8, 4) is 17.4 Å². The summed E-state index contributed by atoms with van der Waals surface area (Å²) in [5.41, 5.74) is 1.39. The van der Waals surface area contributed by atoms with E-state index >= 15 is 0 Å². The number of ether oxygens (including phenoxy) is 3. The van der Waals surface area contributed by atoms with Gasteiger partial charge in [-0.15, -0.1) is 0 Å². The average Bonchev–Trinajstić information content (AvgIpc) is 3.11. The number of hydrogen-bond acceptors (Lipinski definition) is 6. The highest BCUT2D eigenvalue weighted by atomic mass is 16.7. The van der Waals surface area contributed by atoms with Crippen LogP contribution in [0.2, 0.25) is 0 Å². The number of aliphatic hydroxyl groups is 1. The van der Waals surface area contributed by atoms with Gasteiger partial charge in [0.1, 0.15) is 0 Å². The van der Waals surface area contributed by atoms with E-state index in [-0.39, 0.29) is 30.8 Å². The number of nitrogens with zero attached hydrogens (tertiary/aromatic N) is 1. The van der Waals surface area contributed by atoms with Gasteiger partial charge in [-0.2, -0.15) is 0 Å². The maximum atomic E-state index is 12.8. The predicted molar refractivity (Wildman–Crippen MR) is 92.3 cm³/mol. The lowest BCUT2D eigenvalue weighted by molar-refractivity contribution is 0.0234. The van der Waals surface area contributed by atoms with E-state index in [1.807, 2.05) is 6.07 Å². The second-order valence-electron chi connectivity index (χ2n) is 6.54. The number of nitrogens with one attached hydrogen (secondary N) is 1. The summed E-state index contributed by atoms with van der Waals surface area (Å²) < 4.78 is 15.7. The zero-order valence-electron chi connectivity index (χ0n) is 14.3. The maximum absolute atomic E-state index is 12.8. The van der Waals surface area contributed by atoms with Gasteiger partial charge in [-0.3, -0.25) is 4.79 Å². The van der Waals surface area contributed by atoms with Crippen molar-refractivity contribution in [3.63, 3.8) is 0 Å². The van der Waals surface area contributed by atoms with Crippen LogP contribution in [0.25, 0.3) is 0 Å². The number of aromatic nitrogens is 1. The fourth-order valence-electron chi connectivity index (χ4n) is 3.33. The van der Waals surface area contributed by atoms with Gasteiger partial charge in [0.15, 0.2) is 11.5 Å². The van der Waals surface area contributed by atoms with Gasteiger partial charge < -0.3 is 24.6 Å². The molecule has 7 heteroatoms. The molecule has 7 nitrogen and oxygen atoms in total. The molecule has 1 aromatic carbocycles. The first-order chi connectivity index (χ1) is 12.6. The quantitative estimate of drug-likeness (QED) is 0.852. The standard InChI is InChI=1S/C19H20N2O5/c1-24-17-5-3-12(9-20-17)18(13-6-14(22)7-13)21-19(23)11-2-4-15-16(8-11)26-10-25-15/h2-5,8-9,13-14,18,22H,6-7,10H2,1H3,(H,21,23). The molecular formula is C19H20N2O5. The SMILES string of the molecule is COc1ccc(C(NC(=O)c2ccc3c(c2)OCO3)C2CC(O)C2)cn1. The van der Waals surface area contributed by atoms with Gasteiger partial charge in [-0.1, -0.05) is 6.07 Å². The van der Waals surface area contributed by atoms with E-state index in [2.05, 4.69) is 10.3 Å². The largest absolute Gasteiger partial charge is 0.481 e. The lowest BCUT2D eigenvalue weighted by atomic mass is 9.75. The van der Waals surface area contributed by atoms with Crippen LogP contribution in [0.5, 0.6) is 17.4 Å². The number of carbonyl (C=O) groups excluding carboxylic acids is 1. The van der Waals surface area contributed by atoms with E-state index in [0.29, 0.717) is 35.8 Å². The second kappa shape index (κ2) is 6.84. The summed E-state index contributed by atoms with van der Waals surface area (Å²) >= 11 is 0. The fourth-order valence-corrected chi connectivity index (χ4v) is 3.33. The Bertz CT molecular complexity index is 802. The Morgan fingerprint density at radius 3 is 2.77 bits per heavy atom. The number of pyridine rings is 1. The number of rotatable bonds is 5. The van der Waals surface area contributed by atoms with Gasteiger partial charge in [0, 0.05) is 17.8 Å². The van der Waals surface area contributed by atoms with Crippen molar-refractivity contribution in [2.45, 2.75) is 25.0 Å². The third-order valence-electron chi connectivity index (χ3n) is 4.87. The Balaban J connectivity index is 1.55. The third kappa shape index (κ3) is 3.17. The van der Waals surface area contributed by atoms with Crippen LogP contribution in [0.1, 0.15) is 34.8 Å². The molecule has 2 aliphatic rings. The van der Waals surface area contributed by atoms with Crippen LogP contribution in [0.15, 0.2) is 36.5 Å². The highest BCUT2D eigenvalue weighted by Gasteiger charge is 2.36. The number of fused-ring (bicyclic) bond motifs is 1. The molecule has 1 amide bonds. The van der Waals surface area contributed by atoms with Crippen LogP contribution in [0.3, 0.4) is 0 Å². The van der Waals surface area contributed by atoms with Gasteiger partial charge in [0.05, 0.1) is 19.3 Å². The van der Waals surface area contributed by atoms with Gasteiger partial charge in [0.2, 0.25) is 12.7 Å². The Morgan fingerprint density at radius 1 is 1.27 bits per heavy atom. The smallest absolute Gasteiger partial charge is 0.251 e. The molecule has 0 bridgehead atoms. The van der Waals surface area contributed by atoms with Crippen molar-refractivity contribution in [1.82, 2.24) is 10.3 Å². The molecule has 1 aromatic heterocycles. The molecular weight excluding hydrogens is 336 g/mol. The van der Waals surface area contributed by atoms with E-state index in [4.69, 9.17) is 14.2 Å². The van der Waals surface area contributed by atoms with Crippen LogP contribution < -0.4 is 19.5 Å². The van der Waals surface area contributed by atoms with Crippen molar-refractivity contribution >= 4 is 5.91 Å². The first kappa shape index (κ1) is 16.7. The van der Waals surface area contributed by atoms with Crippen LogP contribution in [0, 0.1) is 5.92 Å². The van der Waals surface area contributed by atoms with E-state index in [0.717, 1.165) is 5.56 Å². The third-order valence-corrected chi connectivity index (χ3v) is 4.87. The summed E-state index contributed by atoms with van der Waals surface area (Å²) in [6, 6.07) is 8.55. The van der Waals surface area contributed by atoms with Crippen LogP contribution in [-0.4, -0.2) is 36.0 Å². The Morgan fingerprint density at radius 2 is 2.08 bits per heavy atom. The Kier molecular flexibility index (Phi) is 4.38. The summed E-state index contributed by atoms with van der Waals surface area (Å²) in [5.74, 6) is 1.69. The number of hydrogen-bond donors (Lipinski definition) is 2. The molecule has 4 rings (SSSR count). The van der Waals surface area contributed by atoms with E-state index < -0.39 is 0 Å². The molecule has 2 N–H and O–H groups in total. The van der Waals surface area contributed by atoms with Gasteiger partial charge in [-0.05, 0) is 42.5 Å². The van der Waals surface area contributed by atoms with Crippen LogP contribution >= 0.6 is 0 Å². The number of benzene rings is 1. The first-order valence-electron chi connectivity index (χ1n) is 8.52. The molecule has 2 aromatic rings. The first-order valence-corrected chi connectivity index (χ1v) is 8.52.